The van der Waals surface area contributed by atoms with E-state index in [1.807, 2.05) is 24.3 Å². The Morgan fingerprint density at radius 1 is 0.923 bits per heavy atom. The van der Waals surface area contributed by atoms with E-state index in [9.17, 15) is 13.2 Å². The third kappa shape index (κ3) is 4.89. The standard InChI is InChI=1S/C19H15ClF3N3/c20-15-6-4-13(5-7-15)11-24-17-8-9-18(25-12-17)26-16-3-1-2-14(10-16)19(21,22)23/h1-10,12,24H,11H2,(H,25,26). The lowest BCUT2D eigenvalue weighted by Crippen LogP contribution is -2.05. The van der Waals surface area contributed by atoms with Crippen LogP contribution in [0, 0.1) is 0 Å². The second-order valence-corrected chi connectivity index (χ2v) is 6.05. The highest BCUT2D eigenvalue weighted by molar-refractivity contribution is 6.30. The van der Waals surface area contributed by atoms with Gasteiger partial charge in [0.2, 0.25) is 0 Å². The molecule has 1 heterocycles. The molecule has 0 radical (unpaired) electrons. The van der Waals surface area contributed by atoms with E-state index in [0.29, 0.717) is 23.1 Å². The molecule has 0 spiro atoms. The molecule has 0 aliphatic rings. The fraction of sp³-hybridized carbons (Fsp3) is 0.105. The Bertz CT molecular complexity index is 862. The molecule has 3 nitrogen and oxygen atoms in total. The van der Waals surface area contributed by atoms with Gasteiger partial charge in [-0.1, -0.05) is 29.8 Å². The minimum absolute atomic E-state index is 0.328. The number of pyridine rings is 1. The van der Waals surface area contributed by atoms with Crippen LogP contribution in [0.3, 0.4) is 0 Å². The van der Waals surface area contributed by atoms with Crippen LogP contribution >= 0.6 is 11.6 Å². The van der Waals surface area contributed by atoms with Gasteiger partial charge in [-0.25, -0.2) is 4.98 Å². The molecule has 0 amide bonds. The second-order valence-electron chi connectivity index (χ2n) is 5.62. The van der Waals surface area contributed by atoms with Gasteiger partial charge < -0.3 is 10.6 Å². The minimum Gasteiger partial charge on any atom is -0.380 e. The normalized spacial score (nSPS) is 11.2. The van der Waals surface area contributed by atoms with Crippen molar-refractivity contribution in [3.05, 3.63) is 83.0 Å². The van der Waals surface area contributed by atoms with Crippen LogP contribution in [0.2, 0.25) is 5.02 Å². The molecule has 0 saturated heterocycles. The highest BCUT2D eigenvalue weighted by Crippen LogP contribution is 2.31. The van der Waals surface area contributed by atoms with Crippen LogP contribution in [0.5, 0.6) is 0 Å². The molecule has 134 valence electrons. The molecule has 2 aromatic carbocycles. The van der Waals surface area contributed by atoms with E-state index >= 15 is 0 Å². The van der Waals surface area contributed by atoms with E-state index in [0.717, 1.165) is 23.4 Å². The molecule has 0 aliphatic carbocycles. The van der Waals surface area contributed by atoms with E-state index in [1.165, 1.54) is 6.07 Å². The summed E-state index contributed by atoms with van der Waals surface area (Å²) in [6.07, 6.45) is -2.76. The smallest absolute Gasteiger partial charge is 0.380 e. The molecule has 0 atom stereocenters. The number of hydrogen-bond donors (Lipinski definition) is 2. The number of aromatic nitrogens is 1. The van der Waals surface area contributed by atoms with E-state index in [-0.39, 0.29) is 0 Å². The average Bonchev–Trinajstić information content (AvgIpc) is 2.62. The molecule has 3 aromatic rings. The highest BCUT2D eigenvalue weighted by Gasteiger charge is 2.30. The minimum atomic E-state index is -4.37. The summed E-state index contributed by atoms with van der Waals surface area (Å²) in [7, 11) is 0. The number of nitrogens with one attached hydrogen (secondary N) is 2. The lowest BCUT2D eigenvalue weighted by Gasteiger charge is -2.11. The van der Waals surface area contributed by atoms with E-state index < -0.39 is 11.7 Å². The maximum atomic E-state index is 12.7. The maximum absolute atomic E-state index is 12.7. The predicted molar refractivity (Wildman–Crippen MR) is 97.7 cm³/mol. The summed E-state index contributed by atoms with van der Waals surface area (Å²) in [4.78, 5) is 4.22. The highest BCUT2D eigenvalue weighted by atomic mass is 35.5. The lowest BCUT2D eigenvalue weighted by molar-refractivity contribution is -0.137. The van der Waals surface area contributed by atoms with E-state index in [4.69, 9.17) is 11.6 Å². The zero-order valence-corrected chi connectivity index (χ0v) is 14.3. The molecule has 0 fully saturated rings. The summed E-state index contributed by atoms with van der Waals surface area (Å²) in [5.41, 5.74) is 1.49. The number of rotatable bonds is 5. The van der Waals surface area contributed by atoms with Gasteiger partial charge in [0.15, 0.2) is 0 Å². The van der Waals surface area contributed by atoms with Gasteiger partial charge in [-0.15, -0.1) is 0 Å². The van der Waals surface area contributed by atoms with Crippen molar-refractivity contribution in [2.75, 3.05) is 10.6 Å². The lowest BCUT2D eigenvalue weighted by atomic mass is 10.2. The Morgan fingerprint density at radius 2 is 1.69 bits per heavy atom. The van der Waals surface area contributed by atoms with Crippen LogP contribution in [0.1, 0.15) is 11.1 Å². The van der Waals surface area contributed by atoms with Gasteiger partial charge in [-0.05, 0) is 48.0 Å². The van der Waals surface area contributed by atoms with Crippen molar-refractivity contribution < 1.29 is 13.2 Å². The summed E-state index contributed by atoms with van der Waals surface area (Å²) in [5, 5.41) is 6.77. The zero-order valence-electron chi connectivity index (χ0n) is 13.5. The van der Waals surface area contributed by atoms with Crippen molar-refractivity contribution in [1.82, 2.24) is 4.98 Å². The summed E-state index contributed by atoms with van der Waals surface area (Å²) in [6, 6.07) is 16.0. The number of nitrogens with zero attached hydrogens (tertiary/aromatic N) is 1. The average molecular weight is 378 g/mol. The Labute approximate surface area is 153 Å². The number of alkyl halides is 3. The number of hydrogen-bond acceptors (Lipinski definition) is 3. The van der Waals surface area contributed by atoms with Crippen LogP contribution in [0.25, 0.3) is 0 Å². The van der Waals surface area contributed by atoms with Gasteiger partial charge in [0.05, 0.1) is 17.4 Å². The molecule has 0 saturated carbocycles. The third-order valence-electron chi connectivity index (χ3n) is 3.64. The topological polar surface area (TPSA) is 37.0 Å². The SMILES string of the molecule is FC(F)(F)c1cccc(Nc2ccc(NCc3ccc(Cl)cc3)cn2)c1. The zero-order chi connectivity index (χ0) is 18.6. The number of halogens is 4. The quantitative estimate of drug-likeness (QED) is 0.563. The van der Waals surface area contributed by atoms with Crippen molar-refractivity contribution in [2.45, 2.75) is 12.7 Å². The first-order valence-electron chi connectivity index (χ1n) is 7.79. The van der Waals surface area contributed by atoms with Crippen molar-refractivity contribution in [1.29, 1.82) is 0 Å². The van der Waals surface area contributed by atoms with Gasteiger partial charge in [0.1, 0.15) is 5.82 Å². The van der Waals surface area contributed by atoms with Crippen molar-refractivity contribution >= 4 is 28.8 Å². The van der Waals surface area contributed by atoms with Crippen molar-refractivity contribution in [2.24, 2.45) is 0 Å². The Morgan fingerprint density at radius 3 is 2.35 bits per heavy atom. The maximum Gasteiger partial charge on any atom is 0.416 e. The molecule has 0 bridgehead atoms. The first-order chi connectivity index (χ1) is 12.4. The van der Waals surface area contributed by atoms with E-state index in [1.54, 1.807) is 24.4 Å². The molecule has 26 heavy (non-hydrogen) atoms. The Balaban J connectivity index is 1.62. The number of benzene rings is 2. The second kappa shape index (κ2) is 7.66. The third-order valence-corrected chi connectivity index (χ3v) is 3.89. The van der Waals surface area contributed by atoms with Gasteiger partial charge >= 0.3 is 6.18 Å². The van der Waals surface area contributed by atoms with Crippen LogP contribution in [0.4, 0.5) is 30.4 Å². The predicted octanol–water partition coefficient (Wildman–Crippen LogP) is 6.11. The molecule has 2 N–H and O–H groups in total. The fourth-order valence-electron chi connectivity index (χ4n) is 2.30. The first kappa shape index (κ1) is 18.1. The largest absolute Gasteiger partial charge is 0.416 e. The number of anilines is 3. The molecule has 7 heteroatoms. The van der Waals surface area contributed by atoms with Gasteiger partial charge in [-0.3, -0.25) is 0 Å². The first-order valence-corrected chi connectivity index (χ1v) is 8.16. The van der Waals surface area contributed by atoms with Gasteiger partial charge in [-0.2, -0.15) is 13.2 Å². The molecule has 3 rings (SSSR count). The van der Waals surface area contributed by atoms with Gasteiger partial charge in [0, 0.05) is 17.3 Å². The summed E-state index contributed by atoms with van der Waals surface area (Å²) < 4.78 is 38.2. The summed E-state index contributed by atoms with van der Waals surface area (Å²) >= 11 is 5.85. The molecule has 0 aliphatic heterocycles. The van der Waals surface area contributed by atoms with Crippen molar-refractivity contribution in [3.8, 4) is 0 Å². The molecular weight excluding hydrogens is 363 g/mol. The van der Waals surface area contributed by atoms with Crippen LogP contribution in [-0.2, 0) is 12.7 Å². The molecule has 1 aromatic heterocycles. The van der Waals surface area contributed by atoms with Crippen LogP contribution in [-0.4, -0.2) is 4.98 Å². The molecule has 0 unspecified atom stereocenters. The van der Waals surface area contributed by atoms with Gasteiger partial charge in [0.25, 0.3) is 0 Å². The van der Waals surface area contributed by atoms with Crippen molar-refractivity contribution in [3.63, 3.8) is 0 Å². The summed E-state index contributed by atoms with van der Waals surface area (Å²) in [5.74, 6) is 0.460. The summed E-state index contributed by atoms with van der Waals surface area (Å²) in [6.45, 7) is 0.610. The van der Waals surface area contributed by atoms with Crippen LogP contribution < -0.4 is 10.6 Å². The molecular formula is C19H15ClF3N3. The van der Waals surface area contributed by atoms with Crippen LogP contribution in [0.15, 0.2) is 66.9 Å². The fourth-order valence-corrected chi connectivity index (χ4v) is 2.43. The van der Waals surface area contributed by atoms with E-state index in [2.05, 4.69) is 15.6 Å². The monoisotopic (exact) mass is 377 g/mol. The Hall–Kier alpha value is -2.73. The Kier molecular flexibility index (Phi) is 5.32.